The van der Waals surface area contributed by atoms with Crippen LogP contribution in [0.4, 0.5) is 0 Å². The number of nitrogens with two attached hydrogens (primary N) is 1. The first kappa shape index (κ1) is 12.1. The smallest absolute Gasteiger partial charge is 0.0410 e. The van der Waals surface area contributed by atoms with Crippen LogP contribution in [0.1, 0.15) is 31.2 Å². The minimum atomic E-state index is 0.715. The van der Waals surface area contributed by atoms with Gasteiger partial charge in [0.25, 0.3) is 0 Å². The molecule has 1 heterocycles. The summed E-state index contributed by atoms with van der Waals surface area (Å²) in [6.45, 7) is 0.839. The van der Waals surface area contributed by atoms with E-state index in [1.807, 2.05) is 12.4 Å². The van der Waals surface area contributed by atoms with Gasteiger partial charge in [-0.25, -0.2) is 0 Å². The fourth-order valence-electron chi connectivity index (χ4n) is 2.73. The Balaban J connectivity index is 2.02. The van der Waals surface area contributed by atoms with Crippen LogP contribution >= 0.6 is 15.9 Å². The predicted octanol–water partition coefficient (Wildman–Crippen LogP) is 3.15. The molecule has 88 valence electrons. The number of aromatic nitrogens is 1. The van der Waals surface area contributed by atoms with Gasteiger partial charge in [-0.3, -0.25) is 4.98 Å². The molecule has 2 rings (SSSR count). The van der Waals surface area contributed by atoms with Crippen molar-refractivity contribution in [3.8, 4) is 0 Å². The second kappa shape index (κ2) is 5.78. The van der Waals surface area contributed by atoms with Gasteiger partial charge in [0.05, 0.1) is 0 Å². The Morgan fingerprint density at radius 3 is 2.69 bits per heavy atom. The molecule has 2 unspecified atom stereocenters. The van der Waals surface area contributed by atoms with Crippen LogP contribution in [0.3, 0.4) is 0 Å². The van der Waals surface area contributed by atoms with E-state index in [0.717, 1.165) is 23.4 Å². The van der Waals surface area contributed by atoms with Gasteiger partial charge in [-0.1, -0.05) is 12.8 Å². The lowest BCUT2D eigenvalue weighted by molar-refractivity contribution is 0.242. The standard InChI is InChI=1S/C13H19BrN2/c14-13-6-10(8-16-9-13)5-11-3-1-2-4-12(11)7-15/h6,8-9,11-12H,1-5,7,15H2. The Labute approximate surface area is 106 Å². The Kier molecular flexibility index (Phi) is 4.36. The molecule has 0 bridgehead atoms. The Morgan fingerprint density at radius 1 is 1.25 bits per heavy atom. The molecule has 2 N–H and O–H groups in total. The summed E-state index contributed by atoms with van der Waals surface area (Å²) in [5.74, 6) is 1.47. The first-order valence-corrected chi connectivity index (χ1v) is 6.88. The van der Waals surface area contributed by atoms with Gasteiger partial charge in [0.15, 0.2) is 0 Å². The number of rotatable bonds is 3. The summed E-state index contributed by atoms with van der Waals surface area (Å²) in [4.78, 5) is 4.22. The highest BCUT2D eigenvalue weighted by Gasteiger charge is 2.23. The minimum absolute atomic E-state index is 0.715. The molecule has 1 aromatic heterocycles. The molecule has 0 amide bonds. The molecule has 1 fully saturated rings. The van der Waals surface area contributed by atoms with E-state index in [-0.39, 0.29) is 0 Å². The highest BCUT2D eigenvalue weighted by atomic mass is 79.9. The fourth-order valence-corrected chi connectivity index (χ4v) is 3.15. The third-order valence-corrected chi connectivity index (χ3v) is 4.06. The van der Waals surface area contributed by atoms with Crippen molar-refractivity contribution in [3.05, 3.63) is 28.5 Å². The third kappa shape index (κ3) is 3.05. The summed E-state index contributed by atoms with van der Waals surface area (Å²) in [7, 11) is 0. The van der Waals surface area contributed by atoms with Crippen molar-refractivity contribution in [2.75, 3.05) is 6.54 Å². The monoisotopic (exact) mass is 282 g/mol. The van der Waals surface area contributed by atoms with Crippen LogP contribution < -0.4 is 5.73 Å². The zero-order valence-corrected chi connectivity index (χ0v) is 11.1. The van der Waals surface area contributed by atoms with Gasteiger partial charge < -0.3 is 5.73 Å². The quantitative estimate of drug-likeness (QED) is 0.925. The highest BCUT2D eigenvalue weighted by Crippen LogP contribution is 2.32. The van der Waals surface area contributed by atoms with Crippen LogP contribution in [0, 0.1) is 11.8 Å². The third-order valence-electron chi connectivity index (χ3n) is 3.63. The topological polar surface area (TPSA) is 38.9 Å². The van der Waals surface area contributed by atoms with E-state index in [2.05, 4.69) is 27.0 Å². The second-order valence-electron chi connectivity index (χ2n) is 4.76. The molecule has 3 heteroatoms. The number of hydrogen-bond acceptors (Lipinski definition) is 2. The SMILES string of the molecule is NCC1CCCCC1Cc1cncc(Br)c1. The Morgan fingerprint density at radius 2 is 2.00 bits per heavy atom. The molecule has 0 saturated heterocycles. The molecule has 0 radical (unpaired) electrons. The number of nitrogens with zero attached hydrogens (tertiary/aromatic N) is 1. The second-order valence-corrected chi connectivity index (χ2v) is 5.67. The van der Waals surface area contributed by atoms with E-state index < -0.39 is 0 Å². The van der Waals surface area contributed by atoms with Crippen molar-refractivity contribution in [3.63, 3.8) is 0 Å². The lowest BCUT2D eigenvalue weighted by Crippen LogP contribution is -2.28. The summed E-state index contributed by atoms with van der Waals surface area (Å²) in [6.07, 6.45) is 10.3. The van der Waals surface area contributed by atoms with E-state index in [4.69, 9.17) is 5.73 Å². The van der Waals surface area contributed by atoms with Crippen LogP contribution in [0.2, 0.25) is 0 Å². The van der Waals surface area contributed by atoms with Crippen molar-refractivity contribution in [1.82, 2.24) is 4.98 Å². The highest BCUT2D eigenvalue weighted by molar-refractivity contribution is 9.10. The Bertz CT molecular complexity index is 340. The van der Waals surface area contributed by atoms with E-state index in [0.29, 0.717) is 5.92 Å². The van der Waals surface area contributed by atoms with E-state index in [9.17, 15) is 0 Å². The first-order valence-electron chi connectivity index (χ1n) is 6.09. The molecule has 0 spiro atoms. The number of halogens is 1. The maximum atomic E-state index is 5.85. The predicted molar refractivity (Wildman–Crippen MR) is 70.1 cm³/mol. The van der Waals surface area contributed by atoms with Gasteiger partial charge in [0.1, 0.15) is 0 Å². The van der Waals surface area contributed by atoms with Crippen molar-refractivity contribution >= 4 is 15.9 Å². The van der Waals surface area contributed by atoms with Gasteiger partial charge in [-0.05, 0) is 65.2 Å². The number of pyridine rings is 1. The zero-order valence-electron chi connectivity index (χ0n) is 9.53. The van der Waals surface area contributed by atoms with E-state index in [1.54, 1.807) is 0 Å². The minimum Gasteiger partial charge on any atom is -0.330 e. The summed E-state index contributed by atoms with van der Waals surface area (Å²) < 4.78 is 1.07. The molecular weight excluding hydrogens is 264 g/mol. The Hall–Kier alpha value is -0.410. The van der Waals surface area contributed by atoms with Crippen LogP contribution in [0.15, 0.2) is 22.9 Å². The molecule has 0 aliphatic heterocycles. The van der Waals surface area contributed by atoms with Gasteiger partial charge in [0.2, 0.25) is 0 Å². The van der Waals surface area contributed by atoms with Gasteiger partial charge >= 0.3 is 0 Å². The van der Waals surface area contributed by atoms with Crippen molar-refractivity contribution in [2.24, 2.45) is 17.6 Å². The van der Waals surface area contributed by atoms with Crippen molar-refractivity contribution in [2.45, 2.75) is 32.1 Å². The average Bonchev–Trinajstić information content (AvgIpc) is 2.30. The average molecular weight is 283 g/mol. The lowest BCUT2D eigenvalue weighted by Gasteiger charge is -2.30. The zero-order chi connectivity index (χ0) is 11.4. The lowest BCUT2D eigenvalue weighted by atomic mass is 9.76. The van der Waals surface area contributed by atoms with Crippen LogP contribution in [-0.2, 0) is 6.42 Å². The fraction of sp³-hybridized carbons (Fsp3) is 0.615. The number of hydrogen-bond donors (Lipinski definition) is 1. The van der Waals surface area contributed by atoms with E-state index in [1.165, 1.54) is 31.2 Å². The summed E-state index contributed by atoms with van der Waals surface area (Å²) in [5.41, 5.74) is 7.19. The summed E-state index contributed by atoms with van der Waals surface area (Å²) in [6, 6.07) is 2.18. The van der Waals surface area contributed by atoms with E-state index >= 15 is 0 Å². The summed E-state index contributed by atoms with van der Waals surface area (Å²) in [5, 5.41) is 0. The molecular formula is C13H19BrN2. The summed E-state index contributed by atoms with van der Waals surface area (Å²) >= 11 is 3.47. The van der Waals surface area contributed by atoms with Gasteiger partial charge in [-0.2, -0.15) is 0 Å². The van der Waals surface area contributed by atoms with Crippen LogP contribution in [0.25, 0.3) is 0 Å². The van der Waals surface area contributed by atoms with Gasteiger partial charge in [-0.15, -0.1) is 0 Å². The molecule has 1 aliphatic carbocycles. The molecule has 0 aromatic carbocycles. The molecule has 1 aromatic rings. The molecule has 2 nitrogen and oxygen atoms in total. The molecule has 1 aliphatic rings. The molecule has 2 atom stereocenters. The largest absolute Gasteiger partial charge is 0.330 e. The van der Waals surface area contributed by atoms with Crippen LogP contribution in [-0.4, -0.2) is 11.5 Å². The first-order chi connectivity index (χ1) is 7.79. The molecule has 16 heavy (non-hydrogen) atoms. The van der Waals surface area contributed by atoms with Crippen molar-refractivity contribution < 1.29 is 0 Å². The van der Waals surface area contributed by atoms with Gasteiger partial charge in [0, 0.05) is 16.9 Å². The van der Waals surface area contributed by atoms with Crippen molar-refractivity contribution in [1.29, 1.82) is 0 Å². The maximum absolute atomic E-state index is 5.85. The van der Waals surface area contributed by atoms with Crippen LogP contribution in [0.5, 0.6) is 0 Å². The molecule has 1 saturated carbocycles. The normalized spacial score (nSPS) is 25.6. The maximum Gasteiger partial charge on any atom is 0.0410 e.